The first-order valence-corrected chi connectivity index (χ1v) is 9.30. The van der Waals surface area contributed by atoms with Crippen LogP contribution >= 0.6 is 0 Å². The second-order valence-electron chi connectivity index (χ2n) is 7.05. The largest absolute Gasteiger partial charge is 0.479 e. The zero-order valence-corrected chi connectivity index (χ0v) is 16.1. The van der Waals surface area contributed by atoms with E-state index < -0.39 is 18.1 Å². The molecule has 0 unspecified atom stereocenters. The molecule has 1 atom stereocenters. The topological polar surface area (TPSA) is 93.4 Å². The third-order valence-electron chi connectivity index (χ3n) is 5.44. The molecule has 1 aromatic heterocycles. The Hall–Kier alpha value is -3.61. The number of alkyl carbamates (subject to hydrolysis) is 1. The molecule has 1 heterocycles. The first kappa shape index (κ1) is 18.7. The van der Waals surface area contributed by atoms with E-state index in [9.17, 15) is 14.7 Å². The van der Waals surface area contributed by atoms with Crippen molar-refractivity contribution in [3.8, 4) is 11.1 Å². The van der Waals surface area contributed by atoms with Gasteiger partial charge in [-0.1, -0.05) is 48.5 Å². The Morgan fingerprint density at radius 3 is 2.24 bits per heavy atom. The molecule has 0 spiro atoms. The second-order valence-corrected chi connectivity index (χ2v) is 7.05. The molecule has 4 rings (SSSR count). The third kappa shape index (κ3) is 3.35. The summed E-state index contributed by atoms with van der Waals surface area (Å²) in [6.07, 6.45) is 0.667. The maximum absolute atomic E-state index is 12.4. The lowest BCUT2D eigenvalue weighted by molar-refractivity contribution is -0.139. The number of aliphatic carboxylic acids is 1. The van der Waals surface area contributed by atoms with Crippen LogP contribution in [0.15, 0.2) is 54.7 Å². The first-order chi connectivity index (χ1) is 14.0. The number of carbonyl (C=O) groups is 2. The van der Waals surface area contributed by atoms with Crippen molar-refractivity contribution in [3.05, 3.63) is 77.1 Å². The summed E-state index contributed by atoms with van der Waals surface area (Å²) in [6, 6.07) is 14.8. The number of ether oxygens (including phenoxy) is 1. The van der Waals surface area contributed by atoms with Crippen LogP contribution in [0.25, 0.3) is 11.1 Å². The molecular weight excluding hydrogens is 370 g/mol. The van der Waals surface area contributed by atoms with Crippen molar-refractivity contribution in [1.82, 2.24) is 15.1 Å². The summed E-state index contributed by atoms with van der Waals surface area (Å²) in [5, 5.41) is 16.0. The van der Waals surface area contributed by atoms with Gasteiger partial charge in [-0.15, -0.1) is 0 Å². The maximum atomic E-state index is 12.4. The fourth-order valence-electron chi connectivity index (χ4n) is 3.83. The predicted octanol–water partition coefficient (Wildman–Crippen LogP) is 3.39. The number of hydrogen-bond donors (Lipinski definition) is 2. The summed E-state index contributed by atoms with van der Waals surface area (Å²) in [5.74, 6) is -1.26. The Bertz CT molecular complexity index is 1040. The molecule has 1 aliphatic carbocycles. The highest BCUT2D eigenvalue weighted by atomic mass is 16.5. The van der Waals surface area contributed by atoms with Gasteiger partial charge >= 0.3 is 12.1 Å². The van der Waals surface area contributed by atoms with Crippen LogP contribution in [-0.2, 0) is 16.6 Å². The van der Waals surface area contributed by atoms with Gasteiger partial charge in [0, 0.05) is 24.2 Å². The lowest BCUT2D eigenvalue weighted by atomic mass is 9.98. The van der Waals surface area contributed by atoms with E-state index in [0.29, 0.717) is 11.3 Å². The van der Waals surface area contributed by atoms with E-state index in [1.54, 1.807) is 18.7 Å². The number of nitrogens with zero attached hydrogens (tertiary/aromatic N) is 2. The molecule has 0 bridgehead atoms. The average molecular weight is 391 g/mol. The number of carboxylic acids is 1. The Kier molecular flexibility index (Phi) is 4.80. The minimum atomic E-state index is -1.22. The smallest absolute Gasteiger partial charge is 0.408 e. The van der Waals surface area contributed by atoms with Gasteiger partial charge in [-0.3, -0.25) is 4.68 Å². The van der Waals surface area contributed by atoms with Crippen LogP contribution in [0.1, 0.15) is 34.3 Å². The van der Waals surface area contributed by atoms with Crippen LogP contribution in [0, 0.1) is 6.92 Å². The maximum Gasteiger partial charge on any atom is 0.408 e. The highest BCUT2D eigenvalue weighted by molar-refractivity contribution is 5.82. The Morgan fingerprint density at radius 2 is 1.72 bits per heavy atom. The summed E-state index contributed by atoms with van der Waals surface area (Å²) in [7, 11) is 1.71. The number of aromatic nitrogens is 2. The molecule has 148 valence electrons. The van der Waals surface area contributed by atoms with Gasteiger partial charge in [-0.2, -0.15) is 5.10 Å². The SMILES string of the molecule is Cc1c([C@H](NC(=O)OCC2c3ccccc3-c3ccccc32)C(=O)O)cnn1C. The van der Waals surface area contributed by atoms with Gasteiger partial charge < -0.3 is 15.2 Å². The normalized spacial score (nSPS) is 13.4. The summed E-state index contributed by atoms with van der Waals surface area (Å²) in [5.41, 5.74) is 5.54. The van der Waals surface area contributed by atoms with E-state index >= 15 is 0 Å². The molecule has 2 aromatic carbocycles. The van der Waals surface area contributed by atoms with Gasteiger partial charge in [0.05, 0.1) is 6.20 Å². The molecule has 3 aromatic rings. The molecule has 1 amide bonds. The number of benzene rings is 2. The van der Waals surface area contributed by atoms with E-state index in [1.807, 2.05) is 36.4 Å². The number of rotatable bonds is 5. The fourth-order valence-corrected chi connectivity index (χ4v) is 3.83. The number of fused-ring (bicyclic) bond motifs is 3. The molecule has 2 N–H and O–H groups in total. The van der Waals surface area contributed by atoms with Crippen LogP contribution in [-0.4, -0.2) is 33.6 Å². The predicted molar refractivity (Wildman–Crippen MR) is 107 cm³/mol. The van der Waals surface area contributed by atoms with Gasteiger partial charge in [0.2, 0.25) is 0 Å². The van der Waals surface area contributed by atoms with Gasteiger partial charge in [0.15, 0.2) is 6.04 Å². The first-order valence-electron chi connectivity index (χ1n) is 9.30. The van der Waals surface area contributed by atoms with Crippen LogP contribution in [0.2, 0.25) is 0 Å². The summed E-state index contributed by atoms with van der Waals surface area (Å²) in [4.78, 5) is 24.1. The number of carbonyl (C=O) groups excluding carboxylic acids is 1. The minimum absolute atomic E-state index is 0.0865. The van der Waals surface area contributed by atoms with Crippen LogP contribution in [0.5, 0.6) is 0 Å². The van der Waals surface area contributed by atoms with Crippen molar-refractivity contribution < 1.29 is 19.4 Å². The lowest BCUT2D eigenvalue weighted by Crippen LogP contribution is -2.35. The van der Waals surface area contributed by atoms with Crippen molar-refractivity contribution >= 4 is 12.1 Å². The van der Waals surface area contributed by atoms with Gasteiger partial charge in [0.25, 0.3) is 0 Å². The highest BCUT2D eigenvalue weighted by Crippen LogP contribution is 2.44. The number of amides is 1. The van der Waals surface area contributed by atoms with E-state index in [2.05, 4.69) is 22.5 Å². The summed E-state index contributed by atoms with van der Waals surface area (Å²) in [6.45, 7) is 1.87. The van der Waals surface area contributed by atoms with Gasteiger partial charge in [0.1, 0.15) is 6.61 Å². The number of nitrogens with one attached hydrogen (secondary N) is 1. The summed E-state index contributed by atoms with van der Waals surface area (Å²) < 4.78 is 7.01. The van der Waals surface area contributed by atoms with Crippen molar-refractivity contribution in [2.45, 2.75) is 18.9 Å². The Labute approximate surface area is 167 Å². The third-order valence-corrected chi connectivity index (χ3v) is 5.44. The van der Waals surface area contributed by atoms with E-state index in [0.717, 1.165) is 22.3 Å². The lowest BCUT2D eigenvalue weighted by Gasteiger charge is -2.17. The molecule has 0 fully saturated rings. The Morgan fingerprint density at radius 1 is 1.14 bits per heavy atom. The van der Waals surface area contributed by atoms with E-state index in [1.165, 1.54) is 6.20 Å². The monoisotopic (exact) mass is 391 g/mol. The quantitative estimate of drug-likeness (QED) is 0.695. The van der Waals surface area contributed by atoms with E-state index in [4.69, 9.17) is 4.74 Å². The molecule has 0 aliphatic heterocycles. The minimum Gasteiger partial charge on any atom is -0.479 e. The van der Waals surface area contributed by atoms with Crippen molar-refractivity contribution in [3.63, 3.8) is 0 Å². The molecule has 1 aliphatic rings. The standard InChI is InChI=1S/C22H21N3O4/c1-13-18(11-23-25(13)2)20(21(26)27)24-22(28)29-12-19-16-9-5-3-7-14(16)15-8-4-6-10-17(15)19/h3-11,19-20H,12H2,1-2H3,(H,24,28)(H,26,27)/t20-/m0/s1. The van der Waals surface area contributed by atoms with E-state index in [-0.39, 0.29) is 12.5 Å². The number of aryl methyl sites for hydroxylation is 1. The molecule has 0 saturated carbocycles. The van der Waals surface area contributed by atoms with Crippen LogP contribution in [0.3, 0.4) is 0 Å². The zero-order chi connectivity index (χ0) is 20.5. The zero-order valence-electron chi connectivity index (χ0n) is 16.1. The van der Waals surface area contributed by atoms with Gasteiger partial charge in [-0.05, 0) is 29.2 Å². The number of carboxylic acid groups (broad SMARTS) is 1. The van der Waals surface area contributed by atoms with Crippen molar-refractivity contribution in [1.29, 1.82) is 0 Å². The fraction of sp³-hybridized carbons (Fsp3) is 0.227. The van der Waals surface area contributed by atoms with Gasteiger partial charge in [-0.25, -0.2) is 9.59 Å². The van der Waals surface area contributed by atoms with Crippen LogP contribution < -0.4 is 5.32 Å². The number of hydrogen-bond acceptors (Lipinski definition) is 4. The van der Waals surface area contributed by atoms with Crippen molar-refractivity contribution in [2.75, 3.05) is 6.61 Å². The highest BCUT2D eigenvalue weighted by Gasteiger charge is 2.30. The molecule has 0 radical (unpaired) electrons. The molecule has 29 heavy (non-hydrogen) atoms. The average Bonchev–Trinajstić information content (AvgIpc) is 3.22. The van der Waals surface area contributed by atoms with Crippen molar-refractivity contribution in [2.24, 2.45) is 7.05 Å². The molecule has 7 heteroatoms. The van der Waals surface area contributed by atoms with Crippen LogP contribution in [0.4, 0.5) is 4.79 Å². The molecular formula is C22H21N3O4. The summed E-state index contributed by atoms with van der Waals surface area (Å²) >= 11 is 0. The Balaban J connectivity index is 1.50. The molecule has 0 saturated heterocycles. The second kappa shape index (κ2) is 7.43. The molecule has 7 nitrogen and oxygen atoms in total.